The lowest BCUT2D eigenvalue weighted by molar-refractivity contribution is -0.132. The van der Waals surface area contributed by atoms with Gasteiger partial charge in [0, 0.05) is 19.6 Å². The average molecular weight is 199 g/mol. The van der Waals surface area contributed by atoms with E-state index in [1.807, 2.05) is 4.90 Å². The minimum atomic E-state index is -0.293. The molecule has 0 saturated carbocycles. The lowest BCUT2D eigenvalue weighted by Crippen LogP contribution is -2.45. The number of carbonyl (C=O) groups excluding carboxylic acids is 1. The summed E-state index contributed by atoms with van der Waals surface area (Å²) in [5.41, 5.74) is 5.80. The first-order valence-electron chi connectivity index (χ1n) is 5.50. The van der Waals surface area contributed by atoms with Crippen molar-refractivity contribution < 1.29 is 4.79 Å². The third-order valence-corrected chi connectivity index (χ3v) is 2.57. The molecule has 3 N–H and O–H groups in total. The van der Waals surface area contributed by atoms with Crippen LogP contribution in [0.2, 0.25) is 0 Å². The first kappa shape index (κ1) is 11.5. The first-order valence-corrected chi connectivity index (χ1v) is 5.50. The lowest BCUT2D eigenvalue weighted by atomic mass is 10.1. The summed E-state index contributed by atoms with van der Waals surface area (Å²) in [7, 11) is 0. The molecule has 0 aromatic carbocycles. The van der Waals surface area contributed by atoms with Crippen molar-refractivity contribution in [2.24, 2.45) is 5.73 Å². The van der Waals surface area contributed by atoms with Gasteiger partial charge in [-0.3, -0.25) is 4.79 Å². The van der Waals surface area contributed by atoms with Crippen molar-refractivity contribution in [3.8, 4) is 0 Å². The normalized spacial score (nSPS) is 20.3. The number of amides is 1. The first-order chi connectivity index (χ1) is 6.75. The summed E-state index contributed by atoms with van der Waals surface area (Å²) >= 11 is 0. The Balaban J connectivity index is 2.40. The second kappa shape index (κ2) is 5.98. The van der Waals surface area contributed by atoms with Gasteiger partial charge in [-0.25, -0.2) is 0 Å². The van der Waals surface area contributed by atoms with E-state index in [2.05, 4.69) is 12.2 Å². The molecule has 4 nitrogen and oxygen atoms in total. The minimum absolute atomic E-state index is 0.121. The molecular weight excluding hydrogens is 178 g/mol. The molecule has 1 heterocycles. The smallest absolute Gasteiger partial charge is 0.239 e. The fraction of sp³-hybridized carbons (Fsp3) is 0.900. The Hall–Kier alpha value is -0.610. The van der Waals surface area contributed by atoms with Crippen molar-refractivity contribution in [3.63, 3.8) is 0 Å². The Labute approximate surface area is 85.8 Å². The molecule has 0 spiro atoms. The number of nitrogens with two attached hydrogens (primary N) is 1. The quantitative estimate of drug-likeness (QED) is 0.669. The van der Waals surface area contributed by atoms with Gasteiger partial charge < -0.3 is 16.0 Å². The van der Waals surface area contributed by atoms with Gasteiger partial charge in [0.25, 0.3) is 0 Å². The number of hydrogen-bond acceptors (Lipinski definition) is 3. The van der Waals surface area contributed by atoms with Gasteiger partial charge in [0.1, 0.15) is 0 Å². The van der Waals surface area contributed by atoms with Gasteiger partial charge in [-0.15, -0.1) is 0 Å². The molecule has 1 saturated heterocycles. The zero-order chi connectivity index (χ0) is 10.4. The van der Waals surface area contributed by atoms with Crippen LogP contribution in [0.25, 0.3) is 0 Å². The van der Waals surface area contributed by atoms with Crippen LogP contribution in [0.1, 0.15) is 26.2 Å². The highest BCUT2D eigenvalue weighted by atomic mass is 16.2. The van der Waals surface area contributed by atoms with E-state index in [1.165, 1.54) is 0 Å². The maximum Gasteiger partial charge on any atom is 0.239 e. The molecule has 1 fully saturated rings. The molecule has 1 atom stereocenters. The summed E-state index contributed by atoms with van der Waals surface area (Å²) in [5.74, 6) is 0.121. The zero-order valence-electron chi connectivity index (χ0n) is 8.96. The van der Waals surface area contributed by atoms with E-state index in [0.29, 0.717) is 0 Å². The Bertz CT molecular complexity index is 176. The average Bonchev–Trinajstić information content (AvgIpc) is 2.45. The van der Waals surface area contributed by atoms with Crippen LogP contribution in [0.5, 0.6) is 0 Å². The second-order valence-corrected chi connectivity index (χ2v) is 3.82. The Morgan fingerprint density at radius 1 is 1.50 bits per heavy atom. The van der Waals surface area contributed by atoms with Crippen LogP contribution in [0.15, 0.2) is 0 Å². The fourth-order valence-electron chi connectivity index (χ4n) is 1.74. The molecule has 0 aliphatic carbocycles. The number of carbonyl (C=O) groups is 1. The summed E-state index contributed by atoms with van der Waals surface area (Å²) in [5, 5.41) is 3.27. The SMILES string of the molecule is CCC[C@@H](N)C(=O)N1CCCNCC1. The van der Waals surface area contributed by atoms with Crippen LogP contribution in [0.3, 0.4) is 0 Å². The summed E-state index contributed by atoms with van der Waals surface area (Å²) in [6, 6.07) is -0.293. The third-order valence-electron chi connectivity index (χ3n) is 2.57. The van der Waals surface area contributed by atoms with Crippen molar-refractivity contribution >= 4 is 5.91 Å². The highest BCUT2D eigenvalue weighted by Gasteiger charge is 2.20. The van der Waals surface area contributed by atoms with Crippen LogP contribution in [-0.4, -0.2) is 43.0 Å². The highest BCUT2D eigenvalue weighted by molar-refractivity contribution is 5.81. The number of rotatable bonds is 3. The van der Waals surface area contributed by atoms with E-state index in [0.717, 1.165) is 45.4 Å². The zero-order valence-corrected chi connectivity index (χ0v) is 8.96. The predicted molar refractivity (Wildman–Crippen MR) is 57.0 cm³/mol. The topological polar surface area (TPSA) is 58.4 Å². The Morgan fingerprint density at radius 3 is 3.00 bits per heavy atom. The van der Waals surface area contributed by atoms with Crippen LogP contribution >= 0.6 is 0 Å². The molecule has 1 aliphatic heterocycles. The second-order valence-electron chi connectivity index (χ2n) is 3.82. The van der Waals surface area contributed by atoms with Crippen molar-refractivity contribution in [3.05, 3.63) is 0 Å². The molecule has 4 heteroatoms. The minimum Gasteiger partial charge on any atom is -0.340 e. The maximum atomic E-state index is 11.8. The van der Waals surface area contributed by atoms with E-state index in [1.54, 1.807) is 0 Å². The molecule has 0 radical (unpaired) electrons. The monoisotopic (exact) mass is 199 g/mol. The van der Waals surface area contributed by atoms with Gasteiger partial charge in [0.05, 0.1) is 6.04 Å². The summed E-state index contributed by atoms with van der Waals surface area (Å²) in [6.45, 7) is 5.61. The van der Waals surface area contributed by atoms with Crippen LogP contribution in [-0.2, 0) is 4.79 Å². The van der Waals surface area contributed by atoms with Crippen molar-refractivity contribution in [2.45, 2.75) is 32.2 Å². The molecule has 0 aromatic heterocycles. The molecule has 0 aromatic rings. The maximum absolute atomic E-state index is 11.8. The van der Waals surface area contributed by atoms with E-state index in [-0.39, 0.29) is 11.9 Å². The number of nitrogens with one attached hydrogen (secondary N) is 1. The van der Waals surface area contributed by atoms with Gasteiger partial charge in [0.15, 0.2) is 0 Å². The van der Waals surface area contributed by atoms with Gasteiger partial charge in [0.2, 0.25) is 5.91 Å². The van der Waals surface area contributed by atoms with Crippen LogP contribution in [0, 0.1) is 0 Å². The van der Waals surface area contributed by atoms with Crippen LogP contribution < -0.4 is 11.1 Å². The number of nitrogens with zero attached hydrogens (tertiary/aromatic N) is 1. The van der Waals surface area contributed by atoms with Crippen molar-refractivity contribution in [1.82, 2.24) is 10.2 Å². The molecule has 82 valence electrons. The molecule has 1 aliphatic rings. The van der Waals surface area contributed by atoms with Gasteiger partial charge in [-0.1, -0.05) is 13.3 Å². The largest absolute Gasteiger partial charge is 0.340 e. The summed E-state index contributed by atoms with van der Waals surface area (Å²) in [4.78, 5) is 13.7. The summed E-state index contributed by atoms with van der Waals surface area (Å²) < 4.78 is 0. The Morgan fingerprint density at radius 2 is 2.29 bits per heavy atom. The highest BCUT2D eigenvalue weighted by Crippen LogP contribution is 2.02. The van der Waals surface area contributed by atoms with Gasteiger partial charge in [-0.2, -0.15) is 0 Å². The molecule has 1 rings (SSSR count). The van der Waals surface area contributed by atoms with Crippen molar-refractivity contribution in [1.29, 1.82) is 0 Å². The molecule has 0 bridgehead atoms. The Kier molecular flexibility index (Phi) is 4.90. The van der Waals surface area contributed by atoms with Gasteiger partial charge >= 0.3 is 0 Å². The van der Waals surface area contributed by atoms with E-state index < -0.39 is 0 Å². The van der Waals surface area contributed by atoms with Gasteiger partial charge in [-0.05, 0) is 19.4 Å². The molecule has 14 heavy (non-hydrogen) atoms. The molecule has 1 amide bonds. The van der Waals surface area contributed by atoms with E-state index in [4.69, 9.17) is 5.73 Å². The number of hydrogen-bond donors (Lipinski definition) is 2. The predicted octanol–water partition coefficient (Wildman–Crippen LogP) is -0.0643. The molecular formula is C10H21N3O. The van der Waals surface area contributed by atoms with Crippen LogP contribution in [0.4, 0.5) is 0 Å². The standard InChI is InChI=1S/C10H21N3O/c1-2-4-9(11)10(14)13-7-3-5-12-6-8-13/h9,12H,2-8,11H2,1H3/t9-/m1/s1. The summed E-state index contributed by atoms with van der Waals surface area (Å²) in [6.07, 6.45) is 2.80. The van der Waals surface area contributed by atoms with E-state index >= 15 is 0 Å². The third kappa shape index (κ3) is 3.27. The molecule has 0 unspecified atom stereocenters. The van der Waals surface area contributed by atoms with E-state index in [9.17, 15) is 4.79 Å². The fourth-order valence-corrected chi connectivity index (χ4v) is 1.74. The lowest BCUT2D eigenvalue weighted by Gasteiger charge is -2.23. The van der Waals surface area contributed by atoms with Crippen molar-refractivity contribution in [2.75, 3.05) is 26.2 Å².